The van der Waals surface area contributed by atoms with Crippen LogP contribution in [0.15, 0.2) is 30.3 Å². The fraction of sp³-hybridized carbons (Fsp3) is 0.471. The Labute approximate surface area is 120 Å². The average Bonchev–Trinajstić information content (AvgIpc) is 2.74. The monoisotopic (exact) mass is 273 g/mol. The maximum absolute atomic E-state index is 10.5. The van der Waals surface area contributed by atoms with E-state index in [0.29, 0.717) is 6.04 Å². The number of hydrogen-bond donors (Lipinski definition) is 1. The van der Waals surface area contributed by atoms with Crippen LogP contribution >= 0.6 is 0 Å². The number of rotatable bonds is 4. The lowest BCUT2D eigenvalue weighted by Gasteiger charge is -2.29. The van der Waals surface area contributed by atoms with Gasteiger partial charge in [-0.25, -0.2) is 4.79 Å². The Morgan fingerprint density at radius 3 is 2.30 bits per heavy atom. The highest BCUT2D eigenvalue weighted by atomic mass is 16.4. The SMILES string of the molecule is CN(c1ccc(/C=C/C(=O)O)cc1)C1CCCCCC1. The van der Waals surface area contributed by atoms with Gasteiger partial charge in [0.2, 0.25) is 0 Å². The summed E-state index contributed by atoms with van der Waals surface area (Å²) in [6.07, 6.45) is 10.7. The molecule has 0 radical (unpaired) electrons. The minimum atomic E-state index is -0.912. The van der Waals surface area contributed by atoms with Crippen LogP contribution in [0.25, 0.3) is 6.08 Å². The molecule has 0 spiro atoms. The lowest BCUT2D eigenvalue weighted by Crippen LogP contribution is -2.30. The third-order valence-corrected chi connectivity index (χ3v) is 4.09. The zero-order valence-electron chi connectivity index (χ0n) is 12.1. The minimum absolute atomic E-state index is 0.637. The number of anilines is 1. The van der Waals surface area contributed by atoms with E-state index in [1.165, 1.54) is 50.3 Å². The van der Waals surface area contributed by atoms with E-state index in [9.17, 15) is 4.79 Å². The van der Waals surface area contributed by atoms with Crippen molar-refractivity contribution < 1.29 is 9.90 Å². The number of benzene rings is 1. The predicted octanol–water partition coefficient (Wildman–Crippen LogP) is 3.94. The topological polar surface area (TPSA) is 40.5 Å². The van der Waals surface area contributed by atoms with Gasteiger partial charge >= 0.3 is 5.97 Å². The smallest absolute Gasteiger partial charge is 0.328 e. The van der Waals surface area contributed by atoms with Crippen molar-refractivity contribution in [3.8, 4) is 0 Å². The van der Waals surface area contributed by atoms with Crippen LogP contribution < -0.4 is 4.90 Å². The largest absolute Gasteiger partial charge is 0.478 e. The second-order valence-electron chi connectivity index (χ2n) is 5.52. The third-order valence-electron chi connectivity index (χ3n) is 4.09. The Bertz CT molecular complexity index is 456. The van der Waals surface area contributed by atoms with Crippen molar-refractivity contribution in [1.29, 1.82) is 0 Å². The van der Waals surface area contributed by atoms with E-state index in [1.807, 2.05) is 12.1 Å². The standard InChI is InChI=1S/C17H23NO2/c1-18(15-6-4-2-3-5-7-15)16-11-8-14(9-12-16)10-13-17(19)20/h8-13,15H,2-7H2,1H3,(H,19,20)/b13-10+. The number of hydrogen-bond acceptors (Lipinski definition) is 2. The fourth-order valence-corrected chi connectivity index (χ4v) is 2.84. The van der Waals surface area contributed by atoms with E-state index >= 15 is 0 Å². The first kappa shape index (κ1) is 14.6. The molecule has 1 N–H and O–H groups in total. The van der Waals surface area contributed by atoms with Gasteiger partial charge in [-0.15, -0.1) is 0 Å². The van der Waals surface area contributed by atoms with Crippen molar-refractivity contribution in [2.45, 2.75) is 44.6 Å². The van der Waals surface area contributed by atoms with Crippen molar-refractivity contribution >= 4 is 17.7 Å². The summed E-state index contributed by atoms with van der Waals surface area (Å²) >= 11 is 0. The van der Waals surface area contributed by atoms with Crippen LogP contribution in [0, 0.1) is 0 Å². The van der Waals surface area contributed by atoms with Crippen LogP contribution in [0.1, 0.15) is 44.1 Å². The normalized spacial score (nSPS) is 17.1. The third kappa shape index (κ3) is 4.12. The van der Waals surface area contributed by atoms with Gasteiger partial charge in [0.15, 0.2) is 0 Å². The maximum atomic E-state index is 10.5. The molecule has 1 saturated carbocycles. The second-order valence-corrected chi connectivity index (χ2v) is 5.52. The summed E-state index contributed by atoms with van der Waals surface area (Å²) in [5.41, 5.74) is 2.13. The second kappa shape index (κ2) is 7.13. The Morgan fingerprint density at radius 2 is 1.75 bits per heavy atom. The molecule has 0 amide bonds. The van der Waals surface area contributed by atoms with Gasteiger partial charge in [0.25, 0.3) is 0 Å². The Morgan fingerprint density at radius 1 is 1.15 bits per heavy atom. The van der Waals surface area contributed by atoms with E-state index in [0.717, 1.165) is 5.56 Å². The fourth-order valence-electron chi connectivity index (χ4n) is 2.84. The molecular formula is C17H23NO2. The molecule has 0 aromatic heterocycles. The number of carboxylic acid groups (broad SMARTS) is 1. The summed E-state index contributed by atoms with van der Waals surface area (Å²) in [6.45, 7) is 0. The van der Waals surface area contributed by atoms with Crippen molar-refractivity contribution in [3.63, 3.8) is 0 Å². The molecule has 3 heteroatoms. The molecule has 3 nitrogen and oxygen atoms in total. The lowest BCUT2D eigenvalue weighted by atomic mass is 10.1. The van der Waals surface area contributed by atoms with Crippen molar-refractivity contribution in [2.24, 2.45) is 0 Å². The molecule has 0 atom stereocenters. The van der Waals surface area contributed by atoms with E-state index in [4.69, 9.17) is 5.11 Å². The summed E-state index contributed by atoms with van der Waals surface area (Å²) in [6, 6.07) is 8.74. The minimum Gasteiger partial charge on any atom is -0.478 e. The molecule has 0 unspecified atom stereocenters. The van der Waals surface area contributed by atoms with Crippen molar-refractivity contribution in [1.82, 2.24) is 0 Å². The van der Waals surface area contributed by atoms with Gasteiger partial charge in [0, 0.05) is 24.9 Å². The Hall–Kier alpha value is -1.77. The van der Waals surface area contributed by atoms with E-state index in [-0.39, 0.29) is 0 Å². The number of aliphatic carboxylic acids is 1. The molecular weight excluding hydrogens is 250 g/mol. The molecule has 2 rings (SSSR count). The van der Waals surface area contributed by atoms with Crippen LogP contribution in [0.4, 0.5) is 5.69 Å². The highest BCUT2D eigenvalue weighted by Crippen LogP contribution is 2.25. The van der Waals surface area contributed by atoms with Crippen LogP contribution in [0.2, 0.25) is 0 Å². The van der Waals surface area contributed by atoms with Gasteiger partial charge in [0.1, 0.15) is 0 Å². The molecule has 1 aliphatic carbocycles. The predicted molar refractivity (Wildman–Crippen MR) is 83.0 cm³/mol. The van der Waals surface area contributed by atoms with Crippen molar-refractivity contribution in [2.75, 3.05) is 11.9 Å². The van der Waals surface area contributed by atoms with E-state index < -0.39 is 5.97 Å². The van der Waals surface area contributed by atoms with Gasteiger partial charge in [-0.05, 0) is 36.6 Å². The van der Waals surface area contributed by atoms with Gasteiger partial charge in [0.05, 0.1) is 0 Å². The van der Waals surface area contributed by atoms with Crippen LogP contribution in [0.3, 0.4) is 0 Å². The lowest BCUT2D eigenvalue weighted by molar-refractivity contribution is -0.131. The first-order valence-electron chi connectivity index (χ1n) is 7.41. The summed E-state index contributed by atoms with van der Waals surface area (Å²) in [4.78, 5) is 12.9. The summed E-state index contributed by atoms with van der Waals surface area (Å²) in [5.74, 6) is -0.912. The zero-order valence-corrected chi connectivity index (χ0v) is 12.1. The van der Waals surface area contributed by atoms with Crippen LogP contribution in [-0.2, 0) is 4.79 Å². The molecule has 0 heterocycles. The van der Waals surface area contributed by atoms with Crippen LogP contribution in [0.5, 0.6) is 0 Å². The average molecular weight is 273 g/mol. The molecule has 0 aliphatic heterocycles. The zero-order chi connectivity index (χ0) is 14.4. The molecule has 20 heavy (non-hydrogen) atoms. The number of carboxylic acids is 1. The summed E-state index contributed by atoms with van der Waals surface area (Å²) in [7, 11) is 2.16. The highest BCUT2D eigenvalue weighted by Gasteiger charge is 2.16. The molecule has 108 valence electrons. The van der Waals surface area contributed by atoms with Crippen LogP contribution in [-0.4, -0.2) is 24.2 Å². The molecule has 0 saturated heterocycles. The quantitative estimate of drug-likeness (QED) is 0.667. The van der Waals surface area contributed by atoms with E-state index in [1.54, 1.807) is 6.08 Å². The Kier molecular flexibility index (Phi) is 5.22. The molecule has 0 bridgehead atoms. The Balaban J connectivity index is 2.02. The van der Waals surface area contributed by atoms with Gasteiger partial charge in [-0.3, -0.25) is 0 Å². The molecule has 1 aromatic carbocycles. The van der Waals surface area contributed by atoms with Crippen molar-refractivity contribution in [3.05, 3.63) is 35.9 Å². The number of carbonyl (C=O) groups is 1. The maximum Gasteiger partial charge on any atom is 0.328 e. The van der Waals surface area contributed by atoms with Gasteiger partial charge < -0.3 is 10.0 Å². The summed E-state index contributed by atoms with van der Waals surface area (Å²) < 4.78 is 0. The molecule has 1 aliphatic rings. The summed E-state index contributed by atoms with van der Waals surface area (Å²) in [5, 5.41) is 8.62. The first-order valence-corrected chi connectivity index (χ1v) is 7.41. The van der Waals surface area contributed by atoms with Gasteiger partial charge in [-0.1, -0.05) is 37.8 Å². The first-order chi connectivity index (χ1) is 9.66. The van der Waals surface area contributed by atoms with Gasteiger partial charge in [-0.2, -0.15) is 0 Å². The number of nitrogens with zero attached hydrogens (tertiary/aromatic N) is 1. The van der Waals surface area contributed by atoms with E-state index in [2.05, 4.69) is 24.1 Å². The highest BCUT2D eigenvalue weighted by molar-refractivity contribution is 5.85. The molecule has 1 fully saturated rings. The molecule has 1 aromatic rings.